The molecular weight excluding hydrogens is 206 g/mol. The van der Waals surface area contributed by atoms with Crippen molar-refractivity contribution in [1.82, 2.24) is 0 Å². The molecule has 0 heterocycles. The lowest BCUT2D eigenvalue weighted by molar-refractivity contribution is -0.889. The van der Waals surface area contributed by atoms with Gasteiger partial charge in [-0.25, -0.2) is 0 Å². The minimum Gasteiger partial charge on any atom is -0.361 e. The third-order valence-corrected chi connectivity index (χ3v) is 2.40. The molecule has 2 nitrogen and oxygen atoms in total. The SMILES string of the molecule is CCOC(Br)C[N+](C)(C)CC. The van der Waals surface area contributed by atoms with Gasteiger partial charge in [-0.1, -0.05) is 15.9 Å². The molecule has 0 rings (SSSR count). The maximum atomic E-state index is 5.38. The van der Waals surface area contributed by atoms with Crippen LogP contribution in [-0.2, 0) is 4.74 Å². The predicted octanol–water partition coefficient (Wildman–Crippen LogP) is 1.84. The molecule has 0 aromatic carbocycles. The summed E-state index contributed by atoms with van der Waals surface area (Å²) in [5.41, 5.74) is 0. The zero-order valence-electron chi connectivity index (χ0n) is 7.93. The molecule has 0 aliphatic heterocycles. The van der Waals surface area contributed by atoms with Crippen molar-refractivity contribution in [2.45, 2.75) is 18.9 Å². The average molecular weight is 225 g/mol. The minimum atomic E-state index is 0.197. The fourth-order valence-electron chi connectivity index (χ4n) is 0.751. The number of quaternary nitrogens is 1. The first kappa shape index (κ1) is 11.4. The highest BCUT2D eigenvalue weighted by Gasteiger charge is 2.17. The van der Waals surface area contributed by atoms with Gasteiger partial charge in [0.05, 0.1) is 20.6 Å². The van der Waals surface area contributed by atoms with Gasteiger partial charge in [-0.3, -0.25) is 0 Å². The molecule has 0 N–H and O–H groups in total. The molecule has 0 aliphatic carbocycles. The summed E-state index contributed by atoms with van der Waals surface area (Å²) >= 11 is 3.48. The lowest BCUT2D eigenvalue weighted by Crippen LogP contribution is -2.44. The Morgan fingerprint density at radius 3 is 2.27 bits per heavy atom. The van der Waals surface area contributed by atoms with Crippen molar-refractivity contribution in [3.8, 4) is 0 Å². The second-order valence-corrected chi connectivity index (χ2v) is 4.32. The smallest absolute Gasteiger partial charge is 0.161 e. The molecule has 0 spiro atoms. The van der Waals surface area contributed by atoms with E-state index in [0.29, 0.717) is 0 Å². The van der Waals surface area contributed by atoms with Crippen LogP contribution in [0.2, 0.25) is 0 Å². The number of hydrogen-bond donors (Lipinski definition) is 0. The van der Waals surface area contributed by atoms with Crippen molar-refractivity contribution >= 4 is 15.9 Å². The molecule has 0 saturated heterocycles. The zero-order chi connectivity index (χ0) is 8.91. The Bertz CT molecular complexity index is 106. The van der Waals surface area contributed by atoms with Crippen LogP contribution in [0.3, 0.4) is 0 Å². The summed E-state index contributed by atoms with van der Waals surface area (Å²) in [4.78, 5) is 0. The van der Waals surface area contributed by atoms with E-state index in [1.165, 1.54) is 0 Å². The van der Waals surface area contributed by atoms with E-state index in [-0.39, 0.29) is 5.01 Å². The lowest BCUT2D eigenvalue weighted by atomic mass is 10.4. The average Bonchev–Trinajstić information content (AvgIpc) is 1.87. The van der Waals surface area contributed by atoms with Crippen LogP contribution in [0.4, 0.5) is 0 Å². The minimum absolute atomic E-state index is 0.197. The van der Waals surface area contributed by atoms with Gasteiger partial charge in [0.25, 0.3) is 0 Å². The monoisotopic (exact) mass is 224 g/mol. The maximum absolute atomic E-state index is 5.38. The predicted molar refractivity (Wildman–Crippen MR) is 51.9 cm³/mol. The molecule has 0 fully saturated rings. The van der Waals surface area contributed by atoms with Gasteiger partial charge in [0.1, 0.15) is 6.54 Å². The second kappa shape index (κ2) is 5.12. The van der Waals surface area contributed by atoms with Gasteiger partial charge in [0.15, 0.2) is 5.01 Å². The van der Waals surface area contributed by atoms with Crippen LogP contribution in [-0.4, -0.2) is 43.3 Å². The van der Waals surface area contributed by atoms with E-state index < -0.39 is 0 Å². The first-order chi connectivity index (χ1) is 5.02. The van der Waals surface area contributed by atoms with Crippen molar-refractivity contribution in [2.24, 2.45) is 0 Å². The van der Waals surface area contributed by atoms with Crippen LogP contribution < -0.4 is 0 Å². The quantitative estimate of drug-likeness (QED) is 0.512. The molecule has 0 aliphatic rings. The van der Waals surface area contributed by atoms with Crippen LogP contribution in [0.1, 0.15) is 13.8 Å². The standard InChI is InChI=1S/C8H19BrNO/c1-5-10(3,4)7-8(9)11-6-2/h8H,5-7H2,1-4H3/q+1. The number of nitrogens with zero attached hydrogens (tertiary/aromatic N) is 1. The summed E-state index contributed by atoms with van der Waals surface area (Å²) in [6.07, 6.45) is 0. The second-order valence-electron chi connectivity index (χ2n) is 3.30. The van der Waals surface area contributed by atoms with E-state index >= 15 is 0 Å². The molecule has 0 aromatic heterocycles. The number of ether oxygens (including phenoxy) is 1. The molecule has 0 aromatic rings. The van der Waals surface area contributed by atoms with Gasteiger partial charge in [0, 0.05) is 6.61 Å². The van der Waals surface area contributed by atoms with Crippen molar-refractivity contribution in [1.29, 1.82) is 0 Å². The highest BCUT2D eigenvalue weighted by molar-refractivity contribution is 9.09. The maximum Gasteiger partial charge on any atom is 0.161 e. The summed E-state index contributed by atoms with van der Waals surface area (Å²) in [7, 11) is 4.40. The normalized spacial score (nSPS) is 15.0. The van der Waals surface area contributed by atoms with E-state index in [2.05, 4.69) is 36.9 Å². The van der Waals surface area contributed by atoms with Crippen LogP contribution in [0.25, 0.3) is 0 Å². The molecule has 3 heteroatoms. The lowest BCUT2D eigenvalue weighted by Gasteiger charge is -2.30. The molecule has 0 amide bonds. The number of likely N-dealkylation sites (N-methyl/N-ethyl adjacent to an activating group) is 1. The Hall–Kier alpha value is 0.400. The van der Waals surface area contributed by atoms with Crippen molar-refractivity contribution < 1.29 is 9.22 Å². The fourth-order valence-corrected chi connectivity index (χ4v) is 1.80. The van der Waals surface area contributed by atoms with E-state index in [0.717, 1.165) is 24.2 Å². The number of hydrogen-bond acceptors (Lipinski definition) is 1. The number of rotatable bonds is 5. The summed E-state index contributed by atoms with van der Waals surface area (Å²) in [6, 6.07) is 0. The van der Waals surface area contributed by atoms with Gasteiger partial charge >= 0.3 is 0 Å². The summed E-state index contributed by atoms with van der Waals surface area (Å²) in [5.74, 6) is 0. The van der Waals surface area contributed by atoms with E-state index in [4.69, 9.17) is 4.74 Å². The molecule has 11 heavy (non-hydrogen) atoms. The summed E-state index contributed by atoms with van der Waals surface area (Å²) < 4.78 is 6.38. The molecular formula is C8H19BrNO+. The number of halogens is 1. The van der Waals surface area contributed by atoms with Gasteiger partial charge < -0.3 is 9.22 Å². The summed E-state index contributed by atoms with van der Waals surface area (Å²) in [5, 5.41) is 0.197. The highest BCUT2D eigenvalue weighted by atomic mass is 79.9. The third-order valence-electron chi connectivity index (χ3n) is 1.84. The third kappa shape index (κ3) is 5.65. The van der Waals surface area contributed by atoms with Crippen LogP contribution in [0.5, 0.6) is 0 Å². The molecule has 1 unspecified atom stereocenters. The zero-order valence-corrected chi connectivity index (χ0v) is 9.52. The Morgan fingerprint density at radius 2 is 1.91 bits per heavy atom. The van der Waals surface area contributed by atoms with Gasteiger partial charge in [-0.15, -0.1) is 0 Å². The molecule has 0 radical (unpaired) electrons. The fraction of sp³-hybridized carbons (Fsp3) is 1.00. The molecule has 0 bridgehead atoms. The van der Waals surface area contributed by atoms with Gasteiger partial charge in [0.2, 0.25) is 0 Å². The first-order valence-electron chi connectivity index (χ1n) is 4.09. The Morgan fingerprint density at radius 1 is 1.36 bits per heavy atom. The van der Waals surface area contributed by atoms with Gasteiger partial charge in [-0.05, 0) is 13.8 Å². The topological polar surface area (TPSA) is 9.23 Å². The number of alkyl halides is 1. The molecule has 0 saturated carbocycles. The Balaban J connectivity index is 3.64. The van der Waals surface area contributed by atoms with Crippen molar-refractivity contribution in [2.75, 3.05) is 33.8 Å². The van der Waals surface area contributed by atoms with E-state index in [1.54, 1.807) is 0 Å². The highest BCUT2D eigenvalue weighted by Crippen LogP contribution is 2.07. The van der Waals surface area contributed by atoms with Crippen molar-refractivity contribution in [3.05, 3.63) is 0 Å². The van der Waals surface area contributed by atoms with Crippen molar-refractivity contribution in [3.63, 3.8) is 0 Å². The molecule has 1 atom stereocenters. The van der Waals surface area contributed by atoms with E-state index in [1.807, 2.05) is 6.92 Å². The van der Waals surface area contributed by atoms with Gasteiger partial charge in [-0.2, -0.15) is 0 Å². The summed E-state index contributed by atoms with van der Waals surface area (Å²) in [6.45, 7) is 7.13. The largest absolute Gasteiger partial charge is 0.361 e. The van der Waals surface area contributed by atoms with E-state index in [9.17, 15) is 0 Å². The molecule has 68 valence electrons. The Kier molecular flexibility index (Phi) is 5.30. The van der Waals surface area contributed by atoms with Crippen LogP contribution >= 0.6 is 15.9 Å². The van der Waals surface area contributed by atoms with Crippen LogP contribution in [0.15, 0.2) is 0 Å². The Labute approximate surface area is 78.2 Å². The first-order valence-corrected chi connectivity index (χ1v) is 5.01. The van der Waals surface area contributed by atoms with Crippen LogP contribution in [0, 0.1) is 0 Å².